The molecular formula is C16H26N2. The zero-order chi connectivity index (χ0) is 13.2. The van der Waals surface area contributed by atoms with Gasteiger partial charge >= 0.3 is 0 Å². The third kappa shape index (κ3) is 3.33. The monoisotopic (exact) mass is 246 g/mol. The molecule has 100 valence electrons. The van der Waals surface area contributed by atoms with E-state index in [2.05, 4.69) is 50.4 Å². The molecule has 0 aliphatic heterocycles. The van der Waals surface area contributed by atoms with E-state index in [0.29, 0.717) is 12.1 Å². The van der Waals surface area contributed by atoms with E-state index in [1.165, 1.54) is 30.4 Å². The van der Waals surface area contributed by atoms with Crippen molar-refractivity contribution in [3.8, 4) is 0 Å². The highest BCUT2D eigenvalue weighted by molar-refractivity contribution is 5.27. The Morgan fingerprint density at radius 1 is 1.17 bits per heavy atom. The molecule has 0 saturated heterocycles. The summed E-state index contributed by atoms with van der Waals surface area (Å²) in [6, 6.07) is 9.80. The summed E-state index contributed by atoms with van der Waals surface area (Å²) in [6.07, 6.45) is 3.66. The fourth-order valence-electron chi connectivity index (χ4n) is 2.61. The SMILES string of the molecule is CC(C)(C)c1ccc(CNC2CCCC2N)cc1. The molecule has 2 rings (SSSR count). The minimum Gasteiger partial charge on any atom is -0.326 e. The Bertz CT molecular complexity index is 375. The molecule has 1 aliphatic carbocycles. The van der Waals surface area contributed by atoms with Crippen molar-refractivity contribution in [2.24, 2.45) is 5.73 Å². The topological polar surface area (TPSA) is 38.0 Å². The molecule has 0 bridgehead atoms. The van der Waals surface area contributed by atoms with Crippen LogP contribution in [0.25, 0.3) is 0 Å². The van der Waals surface area contributed by atoms with Gasteiger partial charge in [0.1, 0.15) is 0 Å². The van der Waals surface area contributed by atoms with Crippen LogP contribution in [0.4, 0.5) is 0 Å². The highest BCUT2D eigenvalue weighted by atomic mass is 15.0. The van der Waals surface area contributed by atoms with Crippen LogP contribution in [0.15, 0.2) is 24.3 Å². The summed E-state index contributed by atoms with van der Waals surface area (Å²) in [5.41, 5.74) is 9.04. The van der Waals surface area contributed by atoms with Gasteiger partial charge in [0.05, 0.1) is 0 Å². The summed E-state index contributed by atoms with van der Waals surface area (Å²) in [7, 11) is 0. The number of hydrogen-bond donors (Lipinski definition) is 2. The predicted octanol–water partition coefficient (Wildman–Crippen LogP) is 2.95. The largest absolute Gasteiger partial charge is 0.326 e. The van der Waals surface area contributed by atoms with E-state index in [1.54, 1.807) is 0 Å². The standard InChI is InChI=1S/C16H26N2/c1-16(2,3)13-9-7-12(8-10-13)11-18-15-6-4-5-14(15)17/h7-10,14-15,18H,4-6,11,17H2,1-3H3. The Labute approximate surface area is 111 Å². The van der Waals surface area contributed by atoms with Crippen molar-refractivity contribution >= 4 is 0 Å². The van der Waals surface area contributed by atoms with E-state index in [0.717, 1.165) is 6.54 Å². The van der Waals surface area contributed by atoms with Gasteiger partial charge in [-0.25, -0.2) is 0 Å². The molecule has 0 aromatic heterocycles. The average molecular weight is 246 g/mol. The first-order valence-corrected chi connectivity index (χ1v) is 7.05. The van der Waals surface area contributed by atoms with Crippen LogP contribution in [0, 0.1) is 0 Å². The Balaban J connectivity index is 1.90. The van der Waals surface area contributed by atoms with Crippen LogP contribution in [0.3, 0.4) is 0 Å². The minimum absolute atomic E-state index is 0.236. The molecule has 18 heavy (non-hydrogen) atoms. The Morgan fingerprint density at radius 2 is 1.83 bits per heavy atom. The number of benzene rings is 1. The fourth-order valence-corrected chi connectivity index (χ4v) is 2.61. The fraction of sp³-hybridized carbons (Fsp3) is 0.625. The molecule has 1 aromatic carbocycles. The van der Waals surface area contributed by atoms with Crippen molar-refractivity contribution in [1.29, 1.82) is 0 Å². The highest BCUT2D eigenvalue weighted by Crippen LogP contribution is 2.22. The van der Waals surface area contributed by atoms with Crippen molar-refractivity contribution in [2.45, 2.75) is 64.1 Å². The van der Waals surface area contributed by atoms with Gasteiger partial charge in [-0.05, 0) is 29.4 Å². The van der Waals surface area contributed by atoms with Gasteiger partial charge in [0, 0.05) is 18.6 Å². The van der Waals surface area contributed by atoms with Crippen LogP contribution < -0.4 is 11.1 Å². The maximum absolute atomic E-state index is 6.06. The number of hydrogen-bond acceptors (Lipinski definition) is 2. The summed E-state index contributed by atoms with van der Waals surface area (Å²) in [4.78, 5) is 0. The molecule has 2 atom stereocenters. The van der Waals surface area contributed by atoms with Gasteiger partial charge in [-0.2, -0.15) is 0 Å². The molecule has 1 fully saturated rings. The van der Waals surface area contributed by atoms with Crippen LogP contribution in [-0.4, -0.2) is 12.1 Å². The molecule has 0 heterocycles. The van der Waals surface area contributed by atoms with Crippen molar-refractivity contribution in [3.63, 3.8) is 0 Å². The Hall–Kier alpha value is -0.860. The van der Waals surface area contributed by atoms with Crippen molar-refractivity contribution < 1.29 is 0 Å². The molecule has 1 aliphatic rings. The number of rotatable bonds is 3. The lowest BCUT2D eigenvalue weighted by molar-refractivity contribution is 0.475. The Kier molecular flexibility index (Phi) is 4.08. The lowest BCUT2D eigenvalue weighted by Crippen LogP contribution is -2.40. The van der Waals surface area contributed by atoms with Crippen LogP contribution >= 0.6 is 0 Å². The van der Waals surface area contributed by atoms with E-state index in [-0.39, 0.29) is 5.41 Å². The molecule has 2 unspecified atom stereocenters. The molecule has 3 N–H and O–H groups in total. The number of nitrogens with two attached hydrogens (primary N) is 1. The summed E-state index contributed by atoms with van der Waals surface area (Å²) in [6.45, 7) is 7.68. The maximum Gasteiger partial charge on any atom is 0.0222 e. The lowest BCUT2D eigenvalue weighted by atomic mass is 9.87. The van der Waals surface area contributed by atoms with E-state index in [4.69, 9.17) is 5.73 Å². The molecule has 0 spiro atoms. The second kappa shape index (κ2) is 5.41. The highest BCUT2D eigenvalue weighted by Gasteiger charge is 2.22. The van der Waals surface area contributed by atoms with Gasteiger partial charge in [0.2, 0.25) is 0 Å². The van der Waals surface area contributed by atoms with Crippen molar-refractivity contribution in [3.05, 3.63) is 35.4 Å². The van der Waals surface area contributed by atoms with E-state index in [1.807, 2.05) is 0 Å². The lowest BCUT2D eigenvalue weighted by Gasteiger charge is -2.20. The van der Waals surface area contributed by atoms with E-state index >= 15 is 0 Å². The van der Waals surface area contributed by atoms with Gasteiger partial charge in [0.15, 0.2) is 0 Å². The second-order valence-corrected chi connectivity index (χ2v) is 6.53. The van der Waals surface area contributed by atoms with Gasteiger partial charge in [0.25, 0.3) is 0 Å². The van der Waals surface area contributed by atoms with E-state index in [9.17, 15) is 0 Å². The minimum atomic E-state index is 0.236. The molecular weight excluding hydrogens is 220 g/mol. The normalized spacial score (nSPS) is 24.4. The third-order valence-electron chi connectivity index (χ3n) is 3.96. The smallest absolute Gasteiger partial charge is 0.0222 e. The van der Waals surface area contributed by atoms with Gasteiger partial charge in [-0.15, -0.1) is 0 Å². The Morgan fingerprint density at radius 3 is 2.33 bits per heavy atom. The van der Waals surface area contributed by atoms with Gasteiger partial charge in [-0.3, -0.25) is 0 Å². The first kappa shape index (κ1) is 13.6. The zero-order valence-corrected chi connectivity index (χ0v) is 11.9. The predicted molar refractivity (Wildman–Crippen MR) is 77.6 cm³/mol. The zero-order valence-electron chi connectivity index (χ0n) is 11.9. The number of nitrogens with one attached hydrogen (secondary N) is 1. The molecule has 1 aromatic rings. The summed E-state index contributed by atoms with van der Waals surface area (Å²) >= 11 is 0. The summed E-state index contributed by atoms with van der Waals surface area (Å²) in [5, 5.41) is 3.58. The van der Waals surface area contributed by atoms with Gasteiger partial charge < -0.3 is 11.1 Å². The van der Waals surface area contributed by atoms with Crippen LogP contribution in [0.5, 0.6) is 0 Å². The molecule has 0 amide bonds. The summed E-state index contributed by atoms with van der Waals surface area (Å²) < 4.78 is 0. The third-order valence-corrected chi connectivity index (χ3v) is 3.96. The van der Waals surface area contributed by atoms with Crippen molar-refractivity contribution in [1.82, 2.24) is 5.32 Å². The molecule has 0 radical (unpaired) electrons. The van der Waals surface area contributed by atoms with Crippen LogP contribution in [0.1, 0.15) is 51.2 Å². The van der Waals surface area contributed by atoms with Crippen molar-refractivity contribution in [2.75, 3.05) is 0 Å². The molecule has 2 heteroatoms. The maximum atomic E-state index is 6.06. The quantitative estimate of drug-likeness (QED) is 0.860. The molecule has 2 nitrogen and oxygen atoms in total. The molecule has 1 saturated carbocycles. The van der Waals surface area contributed by atoms with Crippen LogP contribution in [-0.2, 0) is 12.0 Å². The summed E-state index contributed by atoms with van der Waals surface area (Å²) in [5.74, 6) is 0. The first-order chi connectivity index (χ1) is 8.47. The van der Waals surface area contributed by atoms with Crippen LogP contribution in [0.2, 0.25) is 0 Å². The first-order valence-electron chi connectivity index (χ1n) is 7.05. The van der Waals surface area contributed by atoms with E-state index < -0.39 is 0 Å². The van der Waals surface area contributed by atoms with Gasteiger partial charge in [-0.1, -0.05) is 51.5 Å². The second-order valence-electron chi connectivity index (χ2n) is 6.53. The average Bonchev–Trinajstić information content (AvgIpc) is 2.72.